The molecule has 1 heterocycles. The van der Waals surface area contributed by atoms with Crippen molar-refractivity contribution < 1.29 is 24.2 Å². The van der Waals surface area contributed by atoms with E-state index in [4.69, 9.17) is 21.1 Å². The number of halogens is 1. The molecule has 28 heavy (non-hydrogen) atoms. The maximum absolute atomic E-state index is 13.0. The molecule has 0 bridgehead atoms. The highest BCUT2D eigenvalue weighted by Gasteiger charge is 2.34. The molecule has 0 radical (unpaired) electrons. The molecule has 7 nitrogen and oxygen atoms in total. The summed E-state index contributed by atoms with van der Waals surface area (Å²) in [5.41, 5.74) is 1.25. The number of allylic oxidation sites excluding steroid dienone is 1. The van der Waals surface area contributed by atoms with Crippen molar-refractivity contribution in [2.45, 2.75) is 57.6 Å². The van der Waals surface area contributed by atoms with Crippen LogP contribution in [-0.4, -0.2) is 30.3 Å². The first-order valence-electron chi connectivity index (χ1n) is 9.46. The number of rotatable bonds is 4. The molecule has 0 unspecified atom stereocenters. The van der Waals surface area contributed by atoms with Crippen molar-refractivity contribution in [2.24, 2.45) is 0 Å². The van der Waals surface area contributed by atoms with Crippen molar-refractivity contribution in [3.05, 3.63) is 34.0 Å². The molecule has 152 valence electrons. The predicted octanol–water partition coefficient (Wildman–Crippen LogP) is 3.95. The van der Waals surface area contributed by atoms with Crippen molar-refractivity contribution in [3.63, 3.8) is 0 Å². The molecule has 2 aliphatic rings. The number of aromatic hydroxyl groups is 1. The number of carbonyl (C=O) groups excluding carboxylic acids is 2. The molecule has 1 aliphatic heterocycles. The van der Waals surface area contributed by atoms with Crippen LogP contribution in [0.4, 0.5) is 4.79 Å². The molecular formula is C20H25ClN2O5. The lowest BCUT2D eigenvalue weighted by Gasteiger charge is -2.29. The van der Waals surface area contributed by atoms with Crippen LogP contribution in [0.2, 0.25) is 5.02 Å². The number of carbonyl (C=O) groups is 2. The number of hydrogen-bond donors (Lipinski definition) is 3. The molecule has 0 saturated heterocycles. The van der Waals surface area contributed by atoms with E-state index in [1.165, 1.54) is 13.2 Å². The summed E-state index contributed by atoms with van der Waals surface area (Å²) in [4.78, 5) is 25.0. The summed E-state index contributed by atoms with van der Waals surface area (Å²) in [6, 6.07) is 1.85. The Kier molecular flexibility index (Phi) is 6.34. The maximum atomic E-state index is 13.0. The SMILES string of the molecule is COc1cc([C@@H]2NC(=O)NC(C)=C2C(=O)OC2CCCCCC2)cc(Cl)c1O. The van der Waals surface area contributed by atoms with E-state index in [1.807, 2.05) is 0 Å². The monoisotopic (exact) mass is 408 g/mol. The first-order chi connectivity index (χ1) is 13.4. The first kappa shape index (κ1) is 20.3. The van der Waals surface area contributed by atoms with Crippen LogP contribution in [0.3, 0.4) is 0 Å². The number of ether oxygens (including phenoxy) is 2. The minimum absolute atomic E-state index is 0.0660. The van der Waals surface area contributed by atoms with Crippen LogP contribution in [0.5, 0.6) is 11.5 Å². The minimum Gasteiger partial charge on any atom is -0.503 e. The lowest BCUT2D eigenvalue weighted by Crippen LogP contribution is -2.45. The zero-order chi connectivity index (χ0) is 20.3. The Bertz CT molecular complexity index is 800. The van der Waals surface area contributed by atoms with Crippen LogP contribution < -0.4 is 15.4 Å². The van der Waals surface area contributed by atoms with Gasteiger partial charge in [0.25, 0.3) is 0 Å². The Morgan fingerprint density at radius 2 is 1.89 bits per heavy atom. The maximum Gasteiger partial charge on any atom is 0.338 e. The highest BCUT2D eigenvalue weighted by Crippen LogP contribution is 2.39. The Morgan fingerprint density at radius 3 is 2.54 bits per heavy atom. The summed E-state index contributed by atoms with van der Waals surface area (Å²) in [6.45, 7) is 1.66. The minimum atomic E-state index is -0.765. The average molecular weight is 409 g/mol. The number of nitrogens with one attached hydrogen (secondary N) is 2. The van der Waals surface area contributed by atoms with Gasteiger partial charge in [0.1, 0.15) is 6.10 Å². The van der Waals surface area contributed by atoms with Gasteiger partial charge in [0, 0.05) is 5.70 Å². The number of amides is 2. The molecule has 1 atom stereocenters. The number of phenolic OH excluding ortho intramolecular Hbond substituents is 1. The van der Waals surface area contributed by atoms with Gasteiger partial charge in [-0.2, -0.15) is 0 Å². The Morgan fingerprint density at radius 1 is 1.21 bits per heavy atom. The van der Waals surface area contributed by atoms with Gasteiger partial charge >= 0.3 is 12.0 Å². The van der Waals surface area contributed by atoms with Gasteiger partial charge in [-0.05, 0) is 50.3 Å². The smallest absolute Gasteiger partial charge is 0.338 e. The van der Waals surface area contributed by atoms with E-state index in [0.717, 1.165) is 38.5 Å². The summed E-state index contributed by atoms with van der Waals surface area (Å²) in [7, 11) is 1.40. The molecule has 3 N–H and O–H groups in total. The summed E-state index contributed by atoms with van der Waals surface area (Å²) >= 11 is 6.10. The third-order valence-electron chi connectivity index (χ3n) is 5.17. The van der Waals surface area contributed by atoms with Gasteiger partial charge in [-0.15, -0.1) is 0 Å². The number of phenols is 1. The highest BCUT2D eigenvalue weighted by molar-refractivity contribution is 6.32. The summed E-state index contributed by atoms with van der Waals surface area (Å²) in [5.74, 6) is -0.508. The number of urea groups is 1. The molecular weight excluding hydrogens is 384 g/mol. The van der Waals surface area contributed by atoms with Gasteiger partial charge in [0.05, 0.1) is 23.7 Å². The molecule has 1 fully saturated rings. The molecule has 1 saturated carbocycles. The molecule has 8 heteroatoms. The molecule has 0 spiro atoms. The van der Waals surface area contributed by atoms with Crippen molar-refractivity contribution in [1.82, 2.24) is 10.6 Å². The third kappa shape index (κ3) is 4.35. The summed E-state index contributed by atoms with van der Waals surface area (Å²) in [5, 5.41) is 15.4. The zero-order valence-corrected chi connectivity index (χ0v) is 16.8. The van der Waals surface area contributed by atoms with Crippen molar-refractivity contribution in [1.29, 1.82) is 0 Å². The fourth-order valence-corrected chi connectivity index (χ4v) is 3.92. The fourth-order valence-electron chi connectivity index (χ4n) is 3.71. The number of benzene rings is 1. The lowest BCUT2D eigenvalue weighted by molar-refractivity contribution is -0.145. The third-order valence-corrected chi connectivity index (χ3v) is 5.46. The second kappa shape index (κ2) is 8.73. The predicted molar refractivity (Wildman–Crippen MR) is 104 cm³/mol. The van der Waals surface area contributed by atoms with E-state index in [2.05, 4.69) is 10.6 Å². The Balaban J connectivity index is 1.92. The summed E-state index contributed by atoms with van der Waals surface area (Å²) in [6.07, 6.45) is 5.97. The van der Waals surface area contributed by atoms with Gasteiger partial charge in [-0.25, -0.2) is 9.59 Å². The van der Waals surface area contributed by atoms with E-state index in [1.54, 1.807) is 13.0 Å². The van der Waals surface area contributed by atoms with Gasteiger partial charge in [-0.1, -0.05) is 24.4 Å². The molecule has 0 aromatic heterocycles. The largest absolute Gasteiger partial charge is 0.503 e. The van der Waals surface area contributed by atoms with E-state index >= 15 is 0 Å². The van der Waals surface area contributed by atoms with Crippen LogP contribution in [0.1, 0.15) is 57.1 Å². The standard InChI is InChI=1S/C20H25ClN2O5/c1-11-16(19(25)28-13-7-5-3-4-6-8-13)17(23-20(26)22-11)12-9-14(21)18(24)15(10-12)27-2/h9-10,13,17,24H,3-8H2,1-2H3,(H2,22,23,26)/t17-/m0/s1. The van der Waals surface area contributed by atoms with Gasteiger partial charge in [0.15, 0.2) is 11.5 Å². The molecule has 1 aromatic rings. The Labute approximate surface area is 169 Å². The van der Waals surface area contributed by atoms with E-state index < -0.39 is 18.0 Å². The van der Waals surface area contributed by atoms with Crippen LogP contribution in [0, 0.1) is 0 Å². The van der Waals surface area contributed by atoms with Crippen molar-refractivity contribution in [3.8, 4) is 11.5 Å². The van der Waals surface area contributed by atoms with E-state index in [-0.39, 0.29) is 22.6 Å². The van der Waals surface area contributed by atoms with Gasteiger partial charge < -0.3 is 25.2 Å². The molecule has 2 amide bonds. The van der Waals surface area contributed by atoms with Crippen molar-refractivity contribution >= 4 is 23.6 Å². The normalized spacial score (nSPS) is 20.8. The van der Waals surface area contributed by atoms with Crippen LogP contribution in [0.15, 0.2) is 23.4 Å². The van der Waals surface area contributed by atoms with E-state index in [9.17, 15) is 14.7 Å². The van der Waals surface area contributed by atoms with Gasteiger partial charge in [-0.3, -0.25) is 0 Å². The Hall–Kier alpha value is -2.41. The van der Waals surface area contributed by atoms with Crippen LogP contribution >= 0.6 is 11.6 Å². The number of hydrogen-bond acceptors (Lipinski definition) is 5. The lowest BCUT2D eigenvalue weighted by atomic mass is 9.95. The van der Waals surface area contributed by atoms with Crippen molar-refractivity contribution in [2.75, 3.05) is 7.11 Å². The molecule has 1 aromatic carbocycles. The summed E-state index contributed by atoms with van der Waals surface area (Å²) < 4.78 is 10.9. The second-order valence-electron chi connectivity index (χ2n) is 7.14. The zero-order valence-electron chi connectivity index (χ0n) is 16.0. The highest BCUT2D eigenvalue weighted by atomic mass is 35.5. The van der Waals surface area contributed by atoms with Gasteiger partial charge in [0.2, 0.25) is 0 Å². The number of methoxy groups -OCH3 is 1. The second-order valence-corrected chi connectivity index (χ2v) is 7.55. The molecule has 1 aliphatic carbocycles. The first-order valence-corrected chi connectivity index (χ1v) is 9.84. The fraction of sp³-hybridized carbons (Fsp3) is 0.500. The number of esters is 1. The quantitative estimate of drug-likeness (QED) is 0.517. The van der Waals surface area contributed by atoms with E-state index in [0.29, 0.717) is 16.8 Å². The van der Waals surface area contributed by atoms with Crippen LogP contribution in [-0.2, 0) is 9.53 Å². The topological polar surface area (TPSA) is 96.9 Å². The van der Waals surface area contributed by atoms with Crippen LogP contribution in [0.25, 0.3) is 0 Å². The average Bonchev–Trinajstić information content (AvgIpc) is 2.91. The molecule has 3 rings (SSSR count).